The second kappa shape index (κ2) is 2.82. The standard InChI is InChI=1S/C7H12O3/c1-7(2,3)5(8)4-6(9)10/h4H2,1-3H3,(H,9,10). The third-order valence-electron chi connectivity index (χ3n) is 1.15. The molecule has 0 aliphatic rings. The topological polar surface area (TPSA) is 54.4 Å². The first kappa shape index (κ1) is 9.14. The van der Waals surface area contributed by atoms with E-state index in [9.17, 15) is 9.59 Å². The fourth-order valence-corrected chi connectivity index (χ4v) is 0.403. The zero-order valence-electron chi connectivity index (χ0n) is 6.47. The van der Waals surface area contributed by atoms with Crippen LogP contribution < -0.4 is 0 Å². The molecule has 0 aliphatic heterocycles. The molecule has 0 aromatic heterocycles. The maximum atomic E-state index is 10.9. The highest BCUT2D eigenvalue weighted by molar-refractivity contribution is 5.97. The van der Waals surface area contributed by atoms with Gasteiger partial charge < -0.3 is 5.11 Å². The van der Waals surface area contributed by atoms with Crippen LogP contribution in [0.25, 0.3) is 0 Å². The van der Waals surface area contributed by atoms with E-state index in [4.69, 9.17) is 5.11 Å². The van der Waals surface area contributed by atoms with Crippen LogP contribution in [0.15, 0.2) is 0 Å². The zero-order chi connectivity index (χ0) is 8.36. The Morgan fingerprint density at radius 3 is 1.80 bits per heavy atom. The Kier molecular flexibility index (Phi) is 2.57. The molecule has 0 fully saturated rings. The summed E-state index contributed by atoms with van der Waals surface area (Å²) in [6.45, 7) is 5.12. The minimum absolute atomic E-state index is 0.236. The molecule has 3 nitrogen and oxygen atoms in total. The van der Waals surface area contributed by atoms with Gasteiger partial charge in [0.1, 0.15) is 12.2 Å². The summed E-state index contributed by atoms with van der Waals surface area (Å²) in [5.74, 6) is -1.29. The molecule has 58 valence electrons. The third kappa shape index (κ3) is 3.22. The van der Waals surface area contributed by atoms with Gasteiger partial charge in [0.15, 0.2) is 0 Å². The highest BCUT2D eigenvalue weighted by Crippen LogP contribution is 2.16. The van der Waals surface area contributed by atoms with Crippen molar-refractivity contribution in [3.8, 4) is 0 Å². The number of hydrogen-bond donors (Lipinski definition) is 1. The van der Waals surface area contributed by atoms with Crippen LogP contribution in [0.4, 0.5) is 0 Å². The van der Waals surface area contributed by atoms with Crippen LogP contribution in [-0.2, 0) is 9.59 Å². The van der Waals surface area contributed by atoms with Crippen LogP contribution in [0.3, 0.4) is 0 Å². The number of rotatable bonds is 2. The Morgan fingerprint density at radius 1 is 1.30 bits per heavy atom. The Morgan fingerprint density at radius 2 is 1.70 bits per heavy atom. The van der Waals surface area contributed by atoms with E-state index in [2.05, 4.69) is 0 Å². The normalized spacial score (nSPS) is 11.1. The molecule has 0 saturated heterocycles. The molecule has 0 bridgehead atoms. The van der Waals surface area contributed by atoms with Gasteiger partial charge in [-0.3, -0.25) is 9.59 Å². The molecule has 0 aromatic rings. The van der Waals surface area contributed by atoms with E-state index >= 15 is 0 Å². The predicted octanol–water partition coefficient (Wildman–Crippen LogP) is 1.08. The van der Waals surface area contributed by atoms with E-state index in [-0.39, 0.29) is 12.2 Å². The lowest BCUT2D eigenvalue weighted by molar-refractivity contribution is -0.142. The predicted molar refractivity (Wildman–Crippen MR) is 36.7 cm³/mol. The van der Waals surface area contributed by atoms with Crippen LogP contribution in [0.2, 0.25) is 0 Å². The molecule has 0 aromatic carbocycles. The Hall–Kier alpha value is -0.860. The van der Waals surface area contributed by atoms with E-state index in [1.165, 1.54) is 0 Å². The lowest BCUT2D eigenvalue weighted by Gasteiger charge is -2.14. The van der Waals surface area contributed by atoms with E-state index in [0.29, 0.717) is 0 Å². The Bertz CT molecular complexity index is 153. The van der Waals surface area contributed by atoms with Gasteiger partial charge >= 0.3 is 5.97 Å². The maximum Gasteiger partial charge on any atom is 0.310 e. The Balaban J connectivity index is 3.99. The van der Waals surface area contributed by atoms with Crippen molar-refractivity contribution in [3.05, 3.63) is 0 Å². The smallest absolute Gasteiger partial charge is 0.310 e. The summed E-state index contributed by atoms with van der Waals surface area (Å²) in [4.78, 5) is 20.9. The first-order chi connectivity index (χ1) is 4.34. The fourth-order valence-electron chi connectivity index (χ4n) is 0.403. The summed E-state index contributed by atoms with van der Waals surface area (Å²) in [5.41, 5.74) is -0.529. The lowest BCUT2D eigenvalue weighted by Crippen LogP contribution is -2.22. The largest absolute Gasteiger partial charge is 0.481 e. The van der Waals surface area contributed by atoms with E-state index in [0.717, 1.165) is 0 Å². The van der Waals surface area contributed by atoms with Gasteiger partial charge in [0, 0.05) is 5.41 Å². The van der Waals surface area contributed by atoms with Crippen molar-refractivity contribution in [1.29, 1.82) is 0 Å². The van der Waals surface area contributed by atoms with Crippen molar-refractivity contribution in [2.45, 2.75) is 27.2 Å². The third-order valence-corrected chi connectivity index (χ3v) is 1.15. The number of Topliss-reactive ketones (excluding diaryl/α,β-unsaturated/α-hetero) is 1. The molecule has 0 aliphatic carbocycles. The van der Waals surface area contributed by atoms with Crippen LogP contribution in [0.1, 0.15) is 27.2 Å². The van der Waals surface area contributed by atoms with Gasteiger partial charge in [-0.1, -0.05) is 20.8 Å². The number of aliphatic carboxylic acids is 1. The minimum Gasteiger partial charge on any atom is -0.481 e. The van der Waals surface area contributed by atoms with Gasteiger partial charge in [0.25, 0.3) is 0 Å². The van der Waals surface area contributed by atoms with Crippen LogP contribution >= 0.6 is 0 Å². The van der Waals surface area contributed by atoms with E-state index < -0.39 is 11.4 Å². The summed E-state index contributed by atoms with van der Waals surface area (Å²) in [5, 5.41) is 8.23. The monoisotopic (exact) mass is 144 g/mol. The number of hydrogen-bond acceptors (Lipinski definition) is 2. The van der Waals surface area contributed by atoms with Crippen LogP contribution in [-0.4, -0.2) is 16.9 Å². The molecule has 10 heavy (non-hydrogen) atoms. The van der Waals surface area contributed by atoms with Gasteiger partial charge in [0.2, 0.25) is 0 Å². The summed E-state index contributed by atoms with van der Waals surface area (Å²) in [7, 11) is 0. The molecule has 0 saturated carbocycles. The molecule has 0 rings (SSSR count). The number of carboxylic acid groups (broad SMARTS) is 1. The average molecular weight is 144 g/mol. The SMILES string of the molecule is CC(C)(C)C(=O)CC(=O)O. The summed E-state index contributed by atoms with van der Waals surface area (Å²) < 4.78 is 0. The van der Waals surface area contributed by atoms with E-state index in [1.54, 1.807) is 20.8 Å². The Labute approximate surface area is 60.0 Å². The number of carbonyl (C=O) groups excluding carboxylic acids is 1. The second-order valence-corrected chi connectivity index (χ2v) is 3.24. The molecule has 0 unspecified atom stereocenters. The summed E-state index contributed by atoms with van der Waals surface area (Å²) >= 11 is 0. The highest BCUT2D eigenvalue weighted by Gasteiger charge is 2.22. The molecule has 1 N–H and O–H groups in total. The van der Waals surface area contributed by atoms with Crippen LogP contribution in [0, 0.1) is 5.41 Å². The molecular weight excluding hydrogens is 132 g/mol. The molecule has 0 heterocycles. The lowest BCUT2D eigenvalue weighted by atomic mass is 9.89. The molecule has 0 spiro atoms. The first-order valence-corrected chi connectivity index (χ1v) is 3.09. The number of carbonyl (C=O) groups is 2. The average Bonchev–Trinajstić information content (AvgIpc) is 1.60. The van der Waals surface area contributed by atoms with E-state index in [1.807, 2.05) is 0 Å². The van der Waals surface area contributed by atoms with Crippen molar-refractivity contribution in [1.82, 2.24) is 0 Å². The number of ketones is 1. The van der Waals surface area contributed by atoms with Crippen molar-refractivity contribution >= 4 is 11.8 Å². The second-order valence-electron chi connectivity index (χ2n) is 3.24. The van der Waals surface area contributed by atoms with Gasteiger partial charge in [0.05, 0.1) is 0 Å². The summed E-state index contributed by atoms with van der Waals surface area (Å²) in [6.07, 6.45) is -0.372. The van der Waals surface area contributed by atoms with Gasteiger partial charge in [-0.2, -0.15) is 0 Å². The highest BCUT2D eigenvalue weighted by atomic mass is 16.4. The van der Waals surface area contributed by atoms with Crippen molar-refractivity contribution in [2.75, 3.05) is 0 Å². The summed E-state index contributed by atoms with van der Waals surface area (Å²) in [6, 6.07) is 0. The van der Waals surface area contributed by atoms with Crippen molar-refractivity contribution in [3.63, 3.8) is 0 Å². The van der Waals surface area contributed by atoms with Gasteiger partial charge in [-0.25, -0.2) is 0 Å². The van der Waals surface area contributed by atoms with Gasteiger partial charge in [-0.15, -0.1) is 0 Å². The molecule has 0 atom stereocenters. The quantitative estimate of drug-likeness (QED) is 0.590. The van der Waals surface area contributed by atoms with Gasteiger partial charge in [-0.05, 0) is 0 Å². The molecule has 3 heteroatoms. The van der Waals surface area contributed by atoms with Crippen molar-refractivity contribution < 1.29 is 14.7 Å². The van der Waals surface area contributed by atoms with Crippen molar-refractivity contribution in [2.24, 2.45) is 5.41 Å². The number of carboxylic acids is 1. The minimum atomic E-state index is -1.06. The molecular formula is C7H12O3. The first-order valence-electron chi connectivity index (χ1n) is 3.09. The van der Waals surface area contributed by atoms with Crippen LogP contribution in [0.5, 0.6) is 0 Å². The fraction of sp³-hybridized carbons (Fsp3) is 0.714. The maximum absolute atomic E-state index is 10.9. The molecule has 0 amide bonds. The zero-order valence-corrected chi connectivity index (χ0v) is 6.47. The molecule has 0 radical (unpaired) electrons.